The number of rotatable bonds is 5. The van der Waals surface area contributed by atoms with Crippen molar-refractivity contribution in [2.24, 2.45) is 0 Å². The van der Waals surface area contributed by atoms with Crippen LogP contribution < -0.4 is 4.72 Å². The van der Waals surface area contributed by atoms with Crippen LogP contribution in [0.15, 0.2) is 61.1 Å². The summed E-state index contributed by atoms with van der Waals surface area (Å²) in [5, 5.41) is 0. The number of nitrogens with zero attached hydrogens (tertiary/aromatic N) is 2. The van der Waals surface area contributed by atoms with Crippen molar-refractivity contribution in [1.82, 2.24) is 9.97 Å². The van der Waals surface area contributed by atoms with E-state index in [1.165, 1.54) is 0 Å². The van der Waals surface area contributed by atoms with Gasteiger partial charge in [-0.1, -0.05) is 24.3 Å². The molecule has 3 rings (SSSR count). The quantitative estimate of drug-likeness (QED) is 0.763. The van der Waals surface area contributed by atoms with E-state index in [1.54, 1.807) is 18.2 Å². The highest BCUT2D eigenvalue weighted by Crippen LogP contribution is 2.22. The number of nitrogens with one attached hydrogen (secondary N) is 1. The van der Waals surface area contributed by atoms with Crippen molar-refractivity contribution in [1.29, 1.82) is 0 Å². The van der Waals surface area contributed by atoms with Crippen molar-refractivity contribution >= 4 is 15.7 Å². The molecule has 0 aliphatic heterocycles. The van der Waals surface area contributed by atoms with Crippen LogP contribution in [0.2, 0.25) is 0 Å². The lowest BCUT2D eigenvalue weighted by atomic mass is 10.1. The van der Waals surface area contributed by atoms with Crippen LogP contribution in [-0.2, 0) is 16.4 Å². The molecule has 25 heavy (non-hydrogen) atoms. The summed E-state index contributed by atoms with van der Waals surface area (Å²) >= 11 is 0. The van der Waals surface area contributed by atoms with Gasteiger partial charge in [-0.25, -0.2) is 8.42 Å². The molecule has 128 valence electrons. The predicted octanol–water partition coefficient (Wildman–Crippen LogP) is 3.41. The fraction of sp³-hybridized carbons (Fsp3) is 0.158. The molecule has 0 bridgehead atoms. The van der Waals surface area contributed by atoms with Gasteiger partial charge in [0.1, 0.15) is 0 Å². The monoisotopic (exact) mass is 353 g/mol. The molecule has 0 atom stereocenters. The van der Waals surface area contributed by atoms with Crippen molar-refractivity contribution in [2.45, 2.75) is 13.3 Å². The van der Waals surface area contributed by atoms with Crippen LogP contribution in [0.1, 0.15) is 16.7 Å². The lowest BCUT2D eigenvalue weighted by molar-refractivity contribution is 0.607. The van der Waals surface area contributed by atoms with Gasteiger partial charge in [-0.3, -0.25) is 14.7 Å². The number of hydrogen-bond donors (Lipinski definition) is 1. The highest BCUT2D eigenvalue weighted by Gasteiger charge is 2.05. The maximum absolute atomic E-state index is 11.4. The van der Waals surface area contributed by atoms with Gasteiger partial charge in [0.05, 0.1) is 11.9 Å². The molecule has 0 fully saturated rings. The summed E-state index contributed by atoms with van der Waals surface area (Å²) in [6.45, 7) is 2.02. The molecule has 0 amide bonds. The van der Waals surface area contributed by atoms with Gasteiger partial charge < -0.3 is 0 Å². The topological polar surface area (TPSA) is 72.0 Å². The van der Waals surface area contributed by atoms with Crippen LogP contribution in [0.4, 0.5) is 5.69 Å². The second-order valence-corrected chi connectivity index (χ2v) is 7.80. The Kier molecular flexibility index (Phi) is 4.81. The lowest BCUT2D eigenvalue weighted by Crippen LogP contribution is -2.09. The first-order valence-electron chi connectivity index (χ1n) is 7.83. The molecule has 0 aliphatic rings. The second-order valence-electron chi connectivity index (χ2n) is 6.05. The number of anilines is 1. The van der Waals surface area contributed by atoms with Crippen LogP contribution in [0.5, 0.6) is 0 Å². The SMILES string of the molecule is Cc1cncc(Cc2ccc(-c3cccc(NS(C)(=O)=O)c3)nc2)c1. The van der Waals surface area contributed by atoms with Crippen LogP contribution in [-0.4, -0.2) is 24.6 Å². The van der Waals surface area contributed by atoms with E-state index in [1.807, 2.05) is 43.7 Å². The van der Waals surface area contributed by atoms with E-state index in [0.29, 0.717) is 5.69 Å². The number of sulfonamides is 1. The van der Waals surface area contributed by atoms with E-state index in [9.17, 15) is 8.42 Å². The largest absolute Gasteiger partial charge is 0.284 e. The number of pyridine rings is 2. The van der Waals surface area contributed by atoms with Crippen molar-refractivity contribution in [2.75, 3.05) is 11.0 Å². The number of aromatic nitrogens is 2. The smallest absolute Gasteiger partial charge is 0.229 e. The Balaban J connectivity index is 1.79. The zero-order chi connectivity index (χ0) is 17.9. The Hall–Kier alpha value is -2.73. The van der Waals surface area contributed by atoms with Crippen molar-refractivity contribution in [3.05, 3.63) is 77.7 Å². The molecular weight excluding hydrogens is 334 g/mol. The van der Waals surface area contributed by atoms with Crippen LogP contribution in [0.3, 0.4) is 0 Å². The van der Waals surface area contributed by atoms with Crippen LogP contribution >= 0.6 is 0 Å². The molecule has 0 saturated heterocycles. The Morgan fingerprint density at radius 2 is 1.84 bits per heavy atom. The Labute approximate surface area is 147 Å². The average molecular weight is 353 g/mol. The molecule has 5 nitrogen and oxygen atoms in total. The number of aryl methyl sites for hydroxylation is 1. The van der Waals surface area contributed by atoms with E-state index >= 15 is 0 Å². The fourth-order valence-electron chi connectivity index (χ4n) is 2.61. The van der Waals surface area contributed by atoms with Crippen molar-refractivity contribution in [3.63, 3.8) is 0 Å². The molecule has 0 aliphatic carbocycles. The molecular formula is C19H19N3O2S. The van der Waals surface area contributed by atoms with Gasteiger partial charge >= 0.3 is 0 Å². The summed E-state index contributed by atoms with van der Waals surface area (Å²) in [6, 6.07) is 13.3. The maximum Gasteiger partial charge on any atom is 0.229 e. The van der Waals surface area contributed by atoms with Crippen molar-refractivity contribution < 1.29 is 8.42 Å². The van der Waals surface area contributed by atoms with Crippen LogP contribution in [0, 0.1) is 6.92 Å². The normalized spacial score (nSPS) is 11.3. The number of benzene rings is 1. The molecule has 1 aromatic carbocycles. The van der Waals surface area contributed by atoms with Gasteiger partial charge in [0.15, 0.2) is 0 Å². The summed E-state index contributed by atoms with van der Waals surface area (Å²) in [5.41, 5.74) is 5.56. The summed E-state index contributed by atoms with van der Waals surface area (Å²) in [5.74, 6) is 0. The van der Waals surface area contributed by atoms with Crippen molar-refractivity contribution in [3.8, 4) is 11.3 Å². The molecule has 0 saturated carbocycles. The predicted molar refractivity (Wildman–Crippen MR) is 99.9 cm³/mol. The van der Waals surface area contributed by atoms with Gasteiger partial charge in [-0.05, 0) is 41.8 Å². The average Bonchev–Trinajstić information content (AvgIpc) is 2.54. The first-order chi connectivity index (χ1) is 11.9. The summed E-state index contributed by atoms with van der Waals surface area (Å²) < 4.78 is 25.2. The van der Waals surface area contributed by atoms with E-state index < -0.39 is 10.0 Å². The molecule has 2 aromatic heterocycles. The maximum atomic E-state index is 11.4. The van der Waals surface area contributed by atoms with Gasteiger partial charge in [-0.15, -0.1) is 0 Å². The minimum Gasteiger partial charge on any atom is -0.284 e. The van der Waals surface area contributed by atoms with Crippen LogP contribution in [0.25, 0.3) is 11.3 Å². The lowest BCUT2D eigenvalue weighted by Gasteiger charge is -2.07. The minimum absolute atomic E-state index is 0.525. The molecule has 0 unspecified atom stereocenters. The van der Waals surface area contributed by atoms with E-state index in [2.05, 4.69) is 20.8 Å². The summed E-state index contributed by atoms with van der Waals surface area (Å²) in [7, 11) is -3.30. The zero-order valence-electron chi connectivity index (χ0n) is 14.1. The third-order valence-corrected chi connectivity index (χ3v) is 4.23. The van der Waals surface area contributed by atoms with Gasteiger partial charge in [-0.2, -0.15) is 0 Å². The first kappa shape index (κ1) is 17.1. The molecule has 6 heteroatoms. The zero-order valence-corrected chi connectivity index (χ0v) is 14.9. The van der Waals surface area contributed by atoms with E-state index in [-0.39, 0.29) is 0 Å². The second kappa shape index (κ2) is 7.03. The minimum atomic E-state index is -3.30. The fourth-order valence-corrected chi connectivity index (χ4v) is 3.16. The highest BCUT2D eigenvalue weighted by molar-refractivity contribution is 7.92. The Morgan fingerprint density at radius 3 is 2.52 bits per heavy atom. The van der Waals surface area contributed by atoms with Gasteiger partial charge in [0.2, 0.25) is 10.0 Å². The Bertz CT molecular complexity index is 984. The molecule has 3 aromatic rings. The number of hydrogen-bond acceptors (Lipinski definition) is 4. The van der Waals surface area contributed by atoms with E-state index in [4.69, 9.17) is 0 Å². The highest BCUT2D eigenvalue weighted by atomic mass is 32.2. The molecule has 2 heterocycles. The molecule has 1 N–H and O–H groups in total. The standard InChI is InChI=1S/C19H19N3O2S/c1-14-8-16(12-20-11-14)9-15-6-7-19(21-13-15)17-4-3-5-18(10-17)22-25(2,23)24/h3-8,10-13,22H,9H2,1-2H3. The third-order valence-electron chi connectivity index (χ3n) is 3.63. The van der Waals surface area contributed by atoms with Gasteiger partial charge in [0, 0.05) is 36.3 Å². The summed E-state index contributed by atoms with van der Waals surface area (Å²) in [6.07, 6.45) is 7.45. The van der Waals surface area contributed by atoms with E-state index in [0.717, 1.165) is 40.6 Å². The Morgan fingerprint density at radius 1 is 1.00 bits per heavy atom. The molecule has 0 spiro atoms. The molecule has 0 radical (unpaired) electrons. The third kappa shape index (κ3) is 4.87. The first-order valence-corrected chi connectivity index (χ1v) is 9.72. The van der Waals surface area contributed by atoms with Gasteiger partial charge in [0.25, 0.3) is 0 Å². The summed E-state index contributed by atoms with van der Waals surface area (Å²) in [4.78, 5) is 8.72.